The molecule has 0 aliphatic rings. The molecule has 2 rings (SSSR count). The van der Waals surface area contributed by atoms with Gasteiger partial charge in [-0.15, -0.1) is 11.8 Å². The van der Waals surface area contributed by atoms with E-state index in [0.29, 0.717) is 5.56 Å². The Morgan fingerprint density at radius 3 is 2.19 bits per heavy atom. The predicted molar refractivity (Wildman–Crippen MR) is 85.3 cm³/mol. The highest BCUT2D eigenvalue weighted by atomic mass is 32.2. The van der Waals surface area contributed by atoms with Crippen LogP contribution in [0.25, 0.3) is 0 Å². The number of hydrogen-bond acceptors (Lipinski definition) is 4. The molecule has 0 aliphatic heterocycles. The second kappa shape index (κ2) is 6.74. The normalized spacial score (nSPS) is 11.7. The van der Waals surface area contributed by atoms with E-state index in [2.05, 4.69) is 0 Å². The summed E-state index contributed by atoms with van der Waals surface area (Å²) in [4.78, 5) is 13.2. The molecule has 2 aromatic carbocycles. The van der Waals surface area contributed by atoms with Crippen molar-refractivity contribution in [3.05, 3.63) is 71.6 Å². The van der Waals surface area contributed by atoms with Crippen molar-refractivity contribution in [3.8, 4) is 0 Å². The zero-order valence-electron chi connectivity index (χ0n) is 11.4. The first-order valence-corrected chi connectivity index (χ1v) is 8.96. The molecule has 0 heterocycles. The number of allylic oxidation sites excluding steroid dienone is 1. The van der Waals surface area contributed by atoms with E-state index in [1.165, 1.54) is 12.1 Å². The quantitative estimate of drug-likeness (QED) is 0.480. The highest BCUT2D eigenvalue weighted by Crippen LogP contribution is 2.16. The highest BCUT2D eigenvalue weighted by Gasteiger charge is 2.10. The Hall–Kier alpha value is -1.85. The number of hydrogen-bond donors (Lipinski definition) is 0. The number of sulfone groups is 1. The Bertz CT molecular complexity index is 746. The molecule has 0 fully saturated rings. The molecule has 0 radical (unpaired) electrons. The van der Waals surface area contributed by atoms with Gasteiger partial charge in [0.25, 0.3) is 0 Å². The Labute approximate surface area is 128 Å². The SMILES string of the molecule is CSc1ccc(C(=O)/C=C/S(=O)(=O)c2ccccc2)cc1. The molecule has 0 aromatic heterocycles. The fraction of sp³-hybridized carbons (Fsp3) is 0.0625. The van der Waals surface area contributed by atoms with Crippen LogP contribution in [0.1, 0.15) is 10.4 Å². The molecule has 0 amide bonds. The lowest BCUT2D eigenvalue weighted by Gasteiger charge is -1.99. The lowest BCUT2D eigenvalue weighted by molar-refractivity contribution is 0.104. The minimum Gasteiger partial charge on any atom is -0.289 e. The summed E-state index contributed by atoms with van der Waals surface area (Å²) in [6, 6.07) is 15.1. The van der Waals surface area contributed by atoms with Crippen LogP contribution < -0.4 is 0 Å². The molecular weight excluding hydrogens is 304 g/mol. The van der Waals surface area contributed by atoms with Gasteiger partial charge < -0.3 is 0 Å². The van der Waals surface area contributed by atoms with E-state index in [-0.39, 0.29) is 10.7 Å². The predicted octanol–water partition coefficient (Wildman–Crippen LogP) is 3.58. The molecule has 0 bridgehead atoms. The zero-order valence-corrected chi connectivity index (χ0v) is 13.0. The molecule has 0 saturated heterocycles. The molecule has 3 nitrogen and oxygen atoms in total. The average Bonchev–Trinajstić information content (AvgIpc) is 2.53. The van der Waals surface area contributed by atoms with Crippen LogP contribution in [-0.4, -0.2) is 20.5 Å². The first-order valence-electron chi connectivity index (χ1n) is 6.19. The van der Waals surface area contributed by atoms with E-state index >= 15 is 0 Å². The van der Waals surface area contributed by atoms with Crippen molar-refractivity contribution >= 4 is 27.4 Å². The van der Waals surface area contributed by atoms with Crippen molar-refractivity contribution < 1.29 is 13.2 Å². The van der Waals surface area contributed by atoms with Crippen LogP contribution in [0.3, 0.4) is 0 Å². The van der Waals surface area contributed by atoms with Crippen molar-refractivity contribution in [2.45, 2.75) is 9.79 Å². The van der Waals surface area contributed by atoms with Crippen LogP contribution in [0.4, 0.5) is 0 Å². The van der Waals surface area contributed by atoms with Crippen molar-refractivity contribution in [1.29, 1.82) is 0 Å². The summed E-state index contributed by atoms with van der Waals surface area (Å²) in [5, 5.41) is 0.952. The topological polar surface area (TPSA) is 51.2 Å². The van der Waals surface area contributed by atoms with Crippen molar-refractivity contribution in [3.63, 3.8) is 0 Å². The Kier molecular flexibility index (Phi) is 4.98. The van der Waals surface area contributed by atoms with E-state index in [4.69, 9.17) is 0 Å². The third-order valence-corrected chi connectivity index (χ3v) is 5.01. The maximum absolute atomic E-state index is 12.0. The fourth-order valence-corrected chi connectivity index (χ4v) is 3.10. The maximum atomic E-state index is 12.0. The van der Waals surface area contributed by atoms with Gasteiger partial charge in [-0.05, 0) is 48.7 Å². The number of carbonyl (C=O) groups is 1. The number of benzene rings is 2. The van der Waals surface area contributed by atoms with E-state index in [1.54, 1.807) is 42.1 Å². The van der Waals surface area contributed by atoms with E-state index in [9.17, 15) is 13.2 Å². The molecule has 21 heavy (non-hydrogen) atoms. The van der Waals surface area contributed by atoms with E-state index in [1.807, 2.05) is 18.4 Å². The van der Waals surface area contributed by atoms with Crippen molar-refractivity contribution in [1.82, 2.24) is 0 Å². The third-order valence-electron chi connectivity index (χ3n) is 2.84. The summed E-state index contributed by atoms with van der Waals surface area (Å²) in [6.07, 6.45) is 3.04. The monoisotopic (exact) mass is 318 g/mol. The first kappa shape index (κ1) is 15.5. The van der Waals surface area contributed by atoms with Crippen LogP contribution in [0.5, 0.6) is 0 Å². The molecule has 5 heteroatoms. The van der Waals surface area contributed by atoms with Crippen molar-refractivity contribution in [2.24, 2.45) is 0 Å². The van der Waals surface area contributed by atoms with Crippen LogP contribution in [0, 0.1) is 0 Å². The van der Waals surface area contributed by atoms with E-state index < -0.39 is 9.84 Å². The largest absolute Gasteiger partial charge is 0.289 e. The Morgan fingerprint density at radius 1 is 1.00 bits per heavy atom. The molecule has 108 valence electrons. The van der Waals surface area contributed by atoms with Gasteiger partial charge in [0.1, 0.15) is 0 Å². The Morgan fingerprint density at radius 2 is 1.62 bits per heavy atom. The molecule has 0 unspecified atom stereocenters. The molecule has 0 atom stereocenters. The number of ketones is 1. The molecule has 0 spiro atoms. The summed E-state index contributed by atoms with van der Waals surface area (Å²) in [5.41, 5.74) is 0.465. The smallest absolute Gasteiger partial charge is 0.199 e. The van der Waals surface area contributed by atoms with Gasteiger partial charge in [-0.3, -0.25) is 4.79 Å². The minimum absolute atomic E-state index is 0.173. The lowest BCUT2D eigenvalue weighted by Crippen LogP contribution is -1.99. The van der Waals surface area contributed by atoms with Gasteiger partial charge in [-0.2, -0.15) is 0 Å². The second-order valence-electron chi connectivity index (χ2n) is 4.25. The number of rotatable bonds is 5. The first-order chi connectivity index (χ1) is 10.0. The standard InChI is InChI=1S/C16H14O3S2/c1-20-14-9-7-13(8-10-14)16(17)11-12-21(18,19)15-5-3-2-4-6-15/h2-12H,1H3/b12-11+. The highest BCUT2D eigenvalue weighted by molar-refractivity contribution is 7.98. The van der Waals surface area contributed by atoms with Crippen LogP contribution in [0.15, 0.2) is 75.9 Å². The van der Waals surface area contributed by atoms with Gasteiger partial charge in [0.05, 0.1) is 4.90 Å². The molecule has 0 N–H and O–H groups in total. The van der Waals surface area contributed by atoms with Gasteiger partial charge in [0, 0.05) is 15.9 Å². The maximum Gasteiger partial charge on any atom is 0.199 e. The van der Waals surface area contributed by atoms with Crippen molar-refractivity contribution in [2.75, 3.05) is 6.26 Å². The van der Waals surface area contributed by atoms with Gasteiger partial charge in [0.2, 0.25) is 0 Å². The average molecular weight is 318 g/mol. The molecule has 0 saturated carbocycles. The summed E-state index contributed by atoms with van der Waals surface area (Å²) in [6.45, 7) is 0. The molecule has 0 aliphatic carbocycles. The fourth-order valence-electron chi connectivity index (χ4n) is 1.69. The molecular formula is C16H14O3S2. The zero-order chi connectivity index (χ0) is 15.3. The Balaban J connectivity index is 2.18. The summed E-state index contributed by atoms with van der Waals surface area (Å²) < 4.78 is 24.1. The number of thioether (sulfide) groups is 1. The summed E-state index contributed by atoms with van der Waals surface area (Å²) >= 11 is 1.58. The minimum atomic E-state index is -3.58. The van der Waals surface area contributed by atoms with Crippen LogP contribution in [-0.2, 0) is 9.84 Å². The third kappa shape index (κ3) is 4.06. The summed E-state index contributed by atoms with van der Waals surface area (Å²) in [7, 11) is -3.58. The van der Waals surface area contributed by atoms with Gasteiger partial charge in [-0.25, -0.2) is 8.42 Å². The lowest BCUT2D eigenvalue weighted by atomic mass is 10.1. The summed E-state index contributed by atoms with van der Waals surface area (Å²) in [5.74, 6) is -0.331. The van der Waals surface area contributed by atoms with Crippen LogP contribution >= 0.6 is 11.8 Å². The molecule has 2 aromatic rings. The second-order valence-corrected chi connectivity index (χ2v) is 6.97. The van der Waals surface area contributed by atoms with Crippen LogP contribution in [0.2, 0.25) is 0 Å². The number of carbonyl (C=O) groups excluding carboxylic acids is 1. The van der Waals surface area contributed by atoms with Gasteiger partial charge in [0.15, 0.2) is 15.6 Å². The van der Waals surface area contributed by atoms with E-state index in [0.717, 1.165) is 16.4 Å². The van der Waals surface area contributed by atoms with Gasteiger partial charge >= 0.3 is 0 Å². The van der Waals surface area contributed by atoms with Gasteiger partial charge in [-0.1, -0.05) is 18.2 Å².